The molecule has 0 fully saturated rings. The maximum absolute atomic E-state index is 12.7. The molecular formula is C18H17N3O2. The van der Waals surface area contributed by atoms with Crippen LogP contribution in [0.5, 0.6) is 0 Å². The summed E-state index contributed by atoms with van der Waals surface area (Å²) < 4.78 is 6.85. The Kier molecular flexibility index (Phi) is 4.49. The minimum absolute atomic E-state index is 0.181. The summed E-state index contributed by atoms with van der Waals surface area (Å²) in [6.07, 6.45) is 3.49. The van der Waals surface area contributed by atoms with Crippen LogP contribution in [-0.4, -0.2) is 22.8 Å². The summed E-state index contributed by atoms with van der Waals surface area (Å²) in [5.41, 5.74) is 2.97. The number of ether oxygens (including phenoxy) is 1. The van der Waals surface area contributed by atoms with Gasteiger partial charge in [0, 0.05) is 30.8 Å². The molecule has 5 nitrogen and oxygen atoms in total. The van der Waals surface area contributed by atoms with Crippen molar-refractivity contribution in [1.82, 2.24) is 9.78 Å². The van der Waals surface area contributed by atoms with Gasteiger partial charge in [-0.2, -0.15) is 5.10 Å². The van der Waals surface area contributed by atoms with Crippen molar-refractivity contribution in [2.24, 2.45) is 0 Å². The SMILES string of the molecule is COCc1ccccc1NC(=O)c1ccccc1-n1cccn1. The number of carbonyl (C=O) groups excluding carboxylic acids is 1. The quantitative estimate of drug-likeness (QED) is 0.787. The molecule has 0 aliphatic heterocycles. The van der Waals surface area contributed by atoms with E-state index in [1.54, 1.807) is 24.1 Å². The number of para-hydroxylation sites is 2. The number of anilines is 1. The molecule has 3 rings (SSSR count). The second-order valence-corrected chi connectivity index (χ2v) is 5.01. The minimum atomic E-state index is -0.181. The largest absolute Gasteiger partial charge is 0.380 e. The zero-order valence-corrected chi connectivity index (χ0v) is 12.8. The van der Waals surface area contributed by atoms with E-state index in [1.165, 1.54) is 0 Å². The third kappa shape index (κ3) is 3.30. The lowest BCUT2D eigenvalue weighted by atomic mass is 10.1. The Hall–Kier alpha value is -2.92. The molecule has 1 N–H and O–H groups in total. The molecule has 1 heterocycles. The molecule has 0 saturated carbocycles. The van der Waals surface area contributed by atoms with Crippen molar-refractivity contribution in [3.63, 3.8) is 0 Å². The minimum Gasteiger partial charge on any atom is -0.380 e. The van der Waals surface area contributed by atoms with Gasteiger partial charge in [0.2, 0.25) is 0 Å². The molecule has 2 aromatic carbocycles. The molecule has 0 spiro atoms. The van der Waals surface area contributed by atoms with Gasteiger partial charge in [-0.1, -0.05) is 30.3 Å². The summed E-state index contributed by atoms with van der Waals surface area (Å²) in [6, 6.07) is 16.8. The van der Waals surface area contributed by atoms with Crippen molar-refractivity contribution in [3.05, 3.63) is 78.1 Å². The lowest BCUT2D eigenvalue weighted by Crippen LogP contribution is -2.16. The van der Waals surface area contributed by atoms with Crippen LogP contribution >= 0.6 is 0 Å². The number of amides is 1. The number of carbonyl (C=O) groups is 1. The maximum Gasteiger partial charge on any atom is 0.257 e. The predicted octanol–water partition coefficient (Wildman–Crippen LogP) is 3.27. The standard InChI is InChI=1S/C18H17N3O2/c1-23-13-14-7-2-4-9-16(14)20-18(22)15-8-3-5-10-17(15)21-12-6-11-19-21/h2-12H,13H2,1H3,(H,20,22). The number of aromatic nitrogens is 2. The van der Waals surface area contributed by atoms with Crippen molar-refractivity contribution >= 4 is 11.6 Å². The molecular weight excluding hydrogens is 290 g/mol. The first-order valence-corrected chi connectivity index (χ1v) is 7.27. The van der Waals surface area contributed by atoms with Crippen LogP contribution in [0.25, 0.3) is 5.69 Å². The zero-order valence-electron chi connectivity index (χ0n) is 12.8. The second-order valence-electron chi connectivity index (χ2n) is 5.01. The third-order valence-electron chi connectivity index (χ3n) is 3.47. The molecule has 23 heavy (non-hydrogen) atoms. The van der Waals surface area contributed by atoms with Gasteiger partial charge in [0.25, 0.3) is 5.91 Å². The first kappa shape index (κ1) is 15.0. The number of methoxy groups -OCH3 is 1. The Labute approximate surface area is 134 Å². The number of nitrogens with one attached hydrogen (secondary N) is 1. The van der Waals surface area contributed by atoms with E-state index in [-0.39, 0.29) is 5.91 Å². The molecule has 0 aliphatic rings. The number of hydrogen-bond donors (Lipinski definition) is 1. The Morgan fingerprint density at radius 2 is 1.91 bits per heavy atom. The lowest BCUT2D eigenvalue weighted by Gasteiger charge is -2.13. The van der Waals surface area contributed by atoms with E-state index < -0.39 is 0 Å². The monoisotopic (exact) mass is 307 g/mol. The summed E-state index contributed by atoms with van der Waals surface area (Å²) in [6.45, 7) is 0.442. The van der Waals surface area contributed by atoms with Gasteiger partial charge in [-0.15, -0.1) is 0 Å². The van der Waals surface area contributed by atoms with Crippen molar-refractivity contribution in [2.45, 2.75) is 6.61 Å². The van der Waals surface area contributed by atoms with E-state index in [0.717, 1.165) is 16.9 Å². The van der Waals surface area contributed by atoms with Crippen molar-refractivity contribution in [1.29, 1.82) is 0 Å². The molecule has 1 aromatic heterocycles. The van der Waals surface area contributed by atoms with Crippen molar-refractivity contribution in [2.75, 3.05) is 12.4 Å². The summed E-state index contributed by atoms with van der Waals surface area (Å²) >= 11 is 0. The normalized spacial score (nSPS) is 10.5. The number of hydrogen-bond acceptors (Lipinski definition) is 3. The van der Waals surface area contributed by atoms with Crippen LogP contribution in [0.3, 0.4) is 0 Å². The fourth-order valence-corrected chi connectivity index (χ4v) is 2.39. The van der Waals surface area contributed by atoms with Crippen LogP contribution in [-0.2, 0) is 11.3 Å². The first-order valence-electron chi connectivity index (χ1n) is 7.27. The molecule has 0 unspecified atom stereocenters. The highest BCUT2D eigenvalue weighted by molar-refractivity contribution is 6.07. The molecule has 0 atom stereocenters. The first-order chi connectivity index (χ1) is 11.3. The van der Waals surface area contributed by atoms with Crippen molar-refractivity contribution in [3.8, 4) is 5.69 Å². The average molecular weight is 307 g/mol. The van der Waals surface area contributed by atoms with E-state index in [2.05, 4.69) is 10.4 Å². The van der Waals surface area contributed by atoms with Gasteiger partial charge in [0.15, 0.2) is 0 Å². The van der Waals surface area contributed by atoms with Crippen LogP contribution in [0.2, 0.25) is 0 Å². The van der Waals surface area contributed by atoms with E-state index in [9.17, 15) is 4.79 Å². The van der Waals surface area contributed by atoms with E-state index in [1.807, 2.05) is 54.7 Å². The highest BCUT2D eigenvalue weighted by atomic mass is 16.5. The molecule has 5 heteroatoms. The highest BCUT2D eigenvalue weighted by Gasteiger charge is 2.14. The maximum atomic E-state index is 12.7. The average Bonchev–Trinajstić information content (AvgIpc) is 3.11. The summed E-state index contributed by atoms with van der Waals surface area (Å²) in [7, 11) is 1.63. The fraction of sp³-hybridized carbons (Fsp3) is 0.111. The van der Waals surface area contributed by atoms with Gasteiger partial charge in [-0.05, 0) is 24.3 Å². The summed E-state index contributed by atoms with van der Waals surface area (Å²) in [5.74, 6) is -0.181. The number of rotatable bonds is 5. The summed E-state index contributed by atoms with van der Waals surface area (Å²) in [5, 5.41) is 7.15. The Bertz CT molecular complexity index is 798. The smallest absolute Gasteiger partial charge is 0.257 e. The van der Waals surface area contributed by atoms with Gasteiger partial charge >= 0.3 is 0 Å². The fourth-order valence-electron chi connectivity index (χ4n) is 2.39. The topological polar surface area (TPSA) is 56.1 Å². The lowest BCUT2D eigenvalue weighted by molar-refractivity contribution is 0.102. The van der Waals surface area contributed by atoms with Crippen LogP contribution < -0.4 is 5.32 Å². The van der Waals surface area contributed by atoms with Gasteiger partial charge in [0.1, 0.15) is 0 Å². The molecule has 0 aliphatic carbocycles. The van der Waals surface area contributed by atoms with Crippen LogP contribution in [0.1, 0.15) is 15.9 Å². The van der Waals surface area contributed by atoms with Gasteiger partial charge in [-0.3, -0.25) is 4.79 Å². The van der Waals surface area contributed by atoms with E-state index >= 15 is 0 Å². The van der Waals surface area contributed by atoms with E-state index in [0.29, 0.717) is 12.2 Å². The van der Waals surface area contributed by atoms with Gasteiger partial charge < -0.3 is 10.1 Å². The number of benzene rings is 2. The molecule has 0 saturated heterocycles. The molecule has 0 radical (unpaired) electrons. The molecule has 116 valence electrons. The van der Waals surface area contributed by atoms with Gasteiger partial charge in [-0.25, -0.2) is 4.68 Å². The summed E-state index contributed by atoms with van der Waals surface area (Å²) in [4.78, 5) is 12.7. The highest BCUT2D eigenvalue weighted by Crippen LogP contribution is 2.19. The third-order valence-corrected chi connectivity index (χ3v) is 3.47. The van der Waals surface area contributed by atoms with E-state index in [4.69, 9.17) is 4.74 Å². The Morgan fingerprint density at radius 1 is 1.13 bits per heavy atom. The zero-order chi connectivity index (χ0) is 16.1. The van der Waals surface area contributed by atoms with Crippen molar-refractivity contribution < 1.29 is 9.53 Å². The van der Waals surface area contributed by atoms with Crippen LogP contribution in [0, 0.1) is 0 Å². The Balaban J connectivity index is 1.91. The molecule has 3 aromatic rings. The van der Waals surface area contributed by atoms with Gasteiger partial charge in [0.05, 0.1) is 17.9 Å². The predicted molar refractivity (Wildman–Crippen MR) is 88.7 cm³/mol. The Morgan fingerprint density at radius 3 is 2.70 bits per heavy atom. The number of nitrogens with zero attached hydrogens (tertiary/aromatic N) is 2. The van der Waals surface area contributed by atoms with Crippen LogP contribution in [0.15, 0.2) is 67.0 Å². The molecule has 1 amide bonds. The van der Waals surface area contributed by atoms with Crippen LogP contribution in [0.4, 0.5) is 5.69 Å². The molecule has 0 bridgehead atoms. The second kappa shape index (κ2) is 6.89.